The molecule has 8 heteroatoms. The summed E-state index contributed by atoms with van der Waals surface area (Å²) in [7, 11) is 0. The third-order valence-electron chi connectivity index (χ3n) is 2.57. The summed E-state index contributed by atoms with van der Waals surface area (Å²) in [5.41, 5.74) is 11.6. The van der Waals surface area contributed by atoms with Crippen LogP contribution in [0.25, 0.3) is 0 Å². The van der Waals surface area contributed by atoms with E-state index in [1.807, 2.05) is 20.8 Å². The maximum atomic E-state index is 11.9. The molecule has 0 aliphatic carbocycles. The number of carbonyl (C=O) groups excluding carboxylic acids is 1. The summed E-state index contributed by atoms with van der Waals surface area (Å²) in [6.45, 7) is 5.97. The number of amides is 1. The van der Waals surface area contributed by atoms with E-state index in [1.165, 1.54) is 6.33 Å². The molecule has 0 fully saturated rings. The van der Waals surface area contributed by atoms with Gasteiger partial charge in [-0.25, -0.2) is 9.97 Å². The minimum Gasteiger partial charge on any atom is -0.393 e. The highest BCUT2D eigenvalue weighted by Crippen LogP contribution is 2.24. The Morgan fingerprint density at radius 3 is 2.50 bits per heavy atom. The molecule has 2 rings (SSSR count). The largest absolute Gasteiger partial charge is 0.393 e. The Bertz CT molecular complexity index is 652. The molecule has 0 spiro atoms. The minimum atomic E-state index is -0.385. The van der Waals surface area contributed by atoms with E-state index in [1.54, 1.807) is 24.4 Å². The highest BCUT2D eigenvalue weighted by molar-refractivity contribution is 5.93. The lowest BCUT2D eigenvalue weighted by Crippen LogP contribution is -2.32. The highest BCUT2D eigenvalue weighted by atomic mass is 16.2. The van der Waals surface area contributed by atoms with Gasteiger partial charge in [0.2, 0.25) is 0 Å². The lowest BCUT2D eigenvalue weighted by Gasteiger charge is -2.22. The fourth-order valence-corrected chi connectivity index (χ4v) is 1.63. The van der Waals surface area contributed by atoms with Gasteiger partial charge in [-0.3, -0.25) is 20.6 Å². The first kappa shape index (κ1) is 15.5. The smallest absolute Gasteiger partial charge is 0.288 e. The Kier molecular flexibility index (Phi) is 4.40. The Balaban J connectivity index is 2.07. The fraction of sp³-hybridized carbons (Fsp3) is 0.286. The predicted molar refractivity (Wildman–Crippen MR) is 85.1 cm³/mol. The summed E-state index contributed by atoms with van der Waals surface area (Å²) in [5.74, 6) is 0.423. The maximum absolute atomic E-state index is 11.9. The lowest BCUT2D eigenvalue weighted by molar-refractivity contribution is 0.0957. The monoisotopic (exact) mass is 301 g/mol. The second-order valence-electron chi connectivity index (χ2n) is 5.65. The maximum Gasteiger partial charge on any atom is 0.288 e. The van der Waals surface area contributed by atoms with Crippen LogP contribution in [-0.2, 0) is 0 Å². The van der Waals surface area contributed by atoms with E-state index in [2.05, 4.69) is 31.1 Å². The fourth-order valence-electron chi connectivity index (χ4n) is 1.63. The molecule has 0 aliphatic heterocycles. The molecule has 0 unspecified atom stereocenters. The number of nitrogens with zero attached hydrogens (tertiary/aromatic N) is 3. The van der Waals surface area contributed by atoms with E-state index in [-0.39, 0.29) is 17.1 Å². The van der Waals surface area contributed by atoms with Crippen LogP contribution in [0.2, 0.25) is 0 Å². The van der Waals surface area contributed by atoms with Crippen molar-refractivity contribution in [1.82, 2.24) is 20.4 Å². The SMILES string of the molecule is CC(C)(C)Nc1ncnc(NNC(=O)c2ccccn2)c1N. The van der Waals surface area contributed by atoms with Crippen LogP contribution in [0.1, 0.15) is 31.3 Å². The van der Waals surface area contributed by atoms with Gasteiger partial charge in [0, 0.05) is 11.7 Å². The molecule has 0 aromatic carbocycles. The molecule has 116 valence electrons. The minimum absolute atomic E-state index is 0.197. The molecule has 1 amide bonds. The van der Waals surface area contributed by atoms with Gasteiger partial charge in [-0.2, -0.15) is 0 Å². The normalized spacial score (nSPS) is 10.9. The molecule has 22 heavy (non-hydrogen) atoms. The van der Waals surface area contributed by atoms with Crippen molar-refractivity contribution in [1.29, 1.82) is 0 Å². The van der Waals surface area contributed by atoms with Gasteiger partial charge >= 0.3 is 0 Å². The van der Waals surface area contributed by atoms with Crippen LogP contribution < -0.4 is 21.9 Å². The van der Waals surface area contributed by atoms with E-state index < -0.39 is 0 Å². The molecule has 0 saturated heterocycles. The molecule has 0 aliphatic rings. The summed E-state index contributed by atoms with van der Waals surface area (Å²) in [5, 5.41) is 3.17. The van der Waals surface area contributed by atoms with Crippen LogP contribution in [0, 0.1) is 0 Å². The van der Waals surface area contributed by atoms with Crippen LogP contribution in [-0.4, -0.2) is 26.4 Å². The molecule has 2 aromatic rings. The molecule has 2 heterocycles. The number of nitrogens with two attached hydrogens (primary N) is 1. The van der Waals surface area contributed by atoms with Crippen molar-refractivity contribution in [3.8, 4) is 0 Å². The van der Waals surface area contributed by atoms with Crippen LogP contribution in [0.3, 0.4) is 0 Å². The van der Waals surface area contributed by atoms with E-state index in [0.717, 1.165) is 0 Å². The summed E-state index contributed by atoms with van der Waals surface area (Å²) in [6, 6.07) is 5.07. The molecule has 0 bridgehead atoms. The first-order valence-corrected chi connectivity index (χ1v) is 6.73. The zero-order chi connectivity index (χ0) is 16.2. The van der Waals surface area contributed by atoms with Crippen molar-refractivity contribution in [2.24, 2.45) is 0 Å². The number of hydrazine groups is 1. The molecule has 2 aromatic heterocycles. The Morgan fingerprint density at radius 1 is 1.14 bits per heavy atom. The number of aromatic nitrogens is 3. The summed E-state index contributed by atoms with van der Waals surface area (Å²) >= 11 is 0. The molecule has 8 nitrogen and oxygen atoms in total. The third-order valence-corrected chi connectivity index (χ3v) is 2.57. The van der Waals surface area contributed by atoms with Gasteiger partial charge < -0.3 is 11.1 Å². The second-order valence-corrected chi connectivity index (χ2v) is 5.65. The van der Waals surface area contributed by atoms with E-state index in [0.29, 0.717) is 17.3 Å². The van der Waals surface area contributed by atoms with Gasteiger partial charge in [-0.1, -0.05) is 6.07 Å². The van der Waals surface area contributed by atoms with E-state index >= 15 is 0 Å². The quantitative estimate of drug-likeness (QED) is 0.631. The summed E-state index contributed by atoms with van der Waals surface area (Å²) in [6.07, 6.45) is 2.90. The number of pyridine rings is 1. The first-order valence-electron chi connectivity index (χ1n) is 6.73. The first-order chi connectivity index (χ1) is 10.4. The number of hydrogen-bond donors (Lipinski definition) is 4. The molecular formula is C14H19N7O. The van der Waals surface area contributed by atoms with Gasteiger partial charge in [-0.05, 0) is 32.9 Å². The number of hydrogen-bond acceptors (Lipinski definition) is 7. The van der Waals surface area contributed by atoms with Gasteiger partial charge in [0.05, 0.1) is 0 Å². The van der Waals surface area contributed by atoms with Crippen molar-refractivity contribution < 1.29 is 4.79 Å². The molecular weight excluding hydrogens is 282 g/mol. The third kappa shape index (κ3) is 4.05. The van der Waals surface area contributed by atoms with Gasteiger partial charge in [0.25, 0.3) is 5.91 Å². The van der Waals surface area contributed by atoms with Crippen molar-refractivity contribution in [2.75, 3.05) is 16.5 Å². The molecule has 5 N–H and O–H groups in total. The average Bonchev–Trinajstić information content (AvgIpc) is 2.47. The number of carbonyl (C=O) groups is 1. The van der Waals surface area contributed by atoms with Crippen molar-refractivity contribution >= 4 is 23.2 Å². The van der Waals surface area contributed by atoms with Crippen LogP contribution in [0.4, 0.5) is 17.3 Å². The van der Waals surface area contributed by atoms with E-state index in [9.17, 15) is 4.79 Å². The summed E-state index contributed by atoms with van der Waals surface area (Å²) < 4.78 is 0. The van der Waals surface area contributed by atoms with Crippen LogP contribution in [0.15, 0.2) is 30.7 Å². The molecule has 0 radical (unpaired) electrons. The van der Waals surface area contributed by atoms with Gasteiger partial charge in [-0.15, -0.1) is 0 Å². The van der Waals surface area contributed by atoms with Crippen molar-refractivity contribution in [2.45, 2.75) is 26.3 Å². The Morgan fingerprint density at radius 2 is 1.86 bits per heavy atom. The highest BCUT2D eigenvalue weighted by Gasteiger charge is 2.15. The molecule has 0 saturated carbocycles. The zero-order valence-electron chi connectivity index (χ0n) is 12.7. The standard InChI is InChI=1S/C14H19N7O/c1-14(2,3)19-11-10(15)12(18-8-17-11)20-21-13(22)9-6-4-5-7-16-9/h4-8H,15H2,1-3H3,(H,21,22)(H2,17,18,19,20). The van der Waals surface area contributed by atoms with E-state index in [4.69, 9.17) is 5.73 Å². The Hall–Kier alpha value is -2.90. The average molecular weight is 301 g/mol. The van der Waals surface area contributed by atoms with Crippen molar-refractivity contribution in [3.63, 3.8) is 0 Å². The Labute approximate surface area is 128 Å². The number of nitrogen functional groups attached to an aromatic ring is 1. The number of rotatable bonds is 4. The van der Waals surface area contributed by atoms with Crippen molar-refractivity contribution in [3.05, 3.63) is 36.4 Å². The number of nitrogens with one attached hydrogen (secondary N) is 3. The summed E-state index contributed by atoms with van der Waals surface area (Å²) in [4.78, 5) is 24.0. The second kappa shape index (κ2) is 6.25. The van der Waals surface area contributed by atoms with Crippen LogP contribution in [0.5, 0.6) is 0 Å². The lowest BCUT2D eigenvalue weighted by atomic mass is 10.1. The molecule has 0 atom stereocenters. The predicted octanol–water partition coefficient (Wildman–Crippen LogP) is 1.42. The topological polar surface area (TPSA) is 118 Å². The zero-order valence-corrected chi connectivity index (χ0v) is 12.7. The number of anilines is 3. The van der Waals surface area contributed by atoms with Gasteiger partial charge in [0.15, 0.2) is 11.6 Å². The van der Waals surface area contributed by atoms with Crippen LogP contribution >= 0.6 is 0 Å². The van der Waals surface area contributed by atoms with Gasteiger partial charge in [0.1, 0.15) is 17.7 Å².